The van der Waals surface area contributed by atoms with Crippen LogP contribution in [0.2, 0.25) is 0 Å². The van der Waals surface area contributed by atoms with Crippen molar-refractivity contribution in [1.82, 2.24) is 4.90 Å². The van der Waals surface area contributed by atoms with Gasteiger partial charge in [-0.25, -0.2) is 9.18 Å². The number of carbonyl (C=O) groups excluding carboxylic acids is 2. The molecule has 1 aliphatic heterocycles. The number of thiophene rings is 1. The molecule has 3 rings (SSSR count). The Bertz CT molecular complexity index is 762. The van der Waals surface area contributed by atoms with E-state index in [1.165, 1.54) is 36.6 Å². The molecule has 5 nitrogen and oxygen atoms in total. The number of ether oxygens (including phenoxy) is 2. The van der Waals surface area contributed by atoms with Gasteiger partial charge in [0.1, 0.15) is 24.2 Å². The molecular formula is C18H18FNO4S. The summed E-state index contributed by atoms with van der Waals surface area (Å²) in [5.41, 5.74) is 0.449. The molecule has 1 fully saturated rings. The summed E-state index contributed by atoms with van der Waals surface area (Å²) < 4.78 is 23.9. The number of carbonyl (C=O) groups is 2. The molecule has 1 aliphatic rings. The van der Waals surface area contributed by atoms with E-state index in [-0.39, 0.29) is 12.5 Å². The molecule has 1 saturated heterocycles. The molecule has 0 saturated carbocycles. The van der Waals surface area contributed by atoms with Gasteiger partial charge in [0.25, 0.3) is 5.91 Å². The highest BCUT2D eigenvalue weighted by Gasteiger charge is 2.36. The average molecular weight is 363 g/mol. The van der Waals surface area contributed by atoms with Gasteiger partial charge in [-0.15, -0.1) is 11.3 Å². The predicted molar refractivity (Wildman–Crippen MR) is 91.1 cm³/mol. The molecule has 1 atom stereocenters. The van der Waals surface area contributed by atoms with E-state index in [2.05, 4.69) is 0 Å². The van der Waals surface area contributed by atoms with E-state index in [1.54, 1.807) is 17.0 Å². The Morgan fingerprint density at radius 1 is 1.36 bits per heavy atom. The average Bonchev–Trinajstić information content (AvgIpc) is 3.30. The maximum Gasteiger partial charge on any atom is 0.329 e. The molecule has 0 spiro atoms. The number of hydrogen-bond donors (Lipinski definition) is 0. The van der Waals surface area contributed by atoms with Crippen molar-refractivity contribution in [2.24, 2.45) is 0 Å². The lowest BCUT2D eigenvalue weighted by atomic mass is 10.2. The third-order valence-electron chi connectivity index (χ3n) is 4.13. The highest BCUT2D eigenvalue weighted by Crippen LogP contribution is 2.25. The Balaban J connectivity index is 1.66. The van der Waals surface area contributed by atoms with Gasteiger partial charge in [-0.2, -0.15) is 0 Å². The van der Waals surface area contributed by atoms with E-state index >= 15 is 0 Å². The van der Waals surface area contributed by atoms with E-state index < -0.39 is 17.8 Å². The fourth-order valence-corrected chi connectivity index (χ4v) is 3.58. The topological polar surface area (TPSA) is 55.8 Å². The quantitative estimate of drug-likeness (QED) is 0.766. The number of nitrogens with zero attached hydrogens (tertiary/aromatic N) is 1. The monoisotopic (exact) mass is 363 g/mol. The van der Waals surface area contributed by atoms with Gasteiger partial charge in [0.05, 0.1) is 12.0 Å². The lowest BCUT2D eigenvalue weighted by Crippen LogP contribution is -2.41. The number of halogens is 1. The molecule has 132 valence electrons. The molecule has 1 amide bonds. The summed E-state index contributed by atoms with van der Waals surface area (Å²) >= 11 is 1.35. The third-order valence-corrected chi connectivity index (χ3v) is 4.99. The van der Waals surface area contributed by atoms with Crippen molar-refractivity contribution in [3.63, 3.8) is 0 Å². The fourth-order valence-electron chi connectivity index (χ4n) is 2.90. The molecule has 0 aliphatic carbocycles. The van der Waals surface area contributed by atoms with Crippen molar-refractivity contribution in [2.45, 2.75) is 25.5 Å². The minimum absolute atomic E-state index is 0.0999. The number of hydrogen-bond acceptors (Lipinski definition) is 5. The first kappa shape index (κ1) is 17.4. The van der Waals surface area contributed by atoms with Crippen molar-refractivity contribution in [2.75, 3.05) is 13.7 Å². The van der Waals surface area contributed by atoms with Gasteiger partial charge < -0.3 is 14.4 Å². The molecule has 2 heterocycles. The Kier molecular flexibility index (Phi) is 5.33. The van der Waals surface area contributed by atoms with Crippen LogP contribution in [0.25, 0.3) is 0 Å². The van der Waals surface area contributed by atoms with Crippen molar-refractivity contribution in [1.29, 1.82) is 0 Å². The second-order valence-electron chi connectivity index (χ2n) is 5.70. The van der Waals surface area contributed by atoms with Crippen molar-refractivity contribution in [3.05, 3.63) is 52.0 Å². The minimum atomic E-state index is -0.603. The van der Waals surface area contributed by atoms with Crippen molar-refractivity contribution >= 4 is 23.2 Å². The predicted octanol–water partition coefficient (Wildman–Crippen LogP) is 3.24. The number of methoxy groups -OCH3 is 1. The minimum Gasteiger partial charge on any atom is -0.496 e. The summed E-state index contributed by atoms with van der Waals surface area (Å²) in [5.74, 6) is -0.610. The van der Waals surface area contributed by atoms with Crippen LogP contribution in [-0.4, -0.2) is 36.5 Å². The second kappa shape index (κ2) is 7.65. The summed E-state index contributed by atoms with van der Waals surface area (Å²) in [6, 6.07) is 6.98. The van der Waals surface area contributed by atoms with Gasteiger partial charge >= 0.3 is 5.97 Å². The van der Waals surface area contributed by atoms with Crippen LogP contribution in [0.4, 0.5) is 4.39 Å². The van der Waals surface area contributed by atoms with Crippen LogP contribution in [0.15, 0.2) is 35.7 Å². The number of likely N-dealkylation sites (tertiary alicyclic amines) is 1. The van der Waals surface area contributed by atoms with E-state index in [0.717, 1.165) is 6.42 Å². The zero-order chi connectivity index (χ0) is 17.8. The van der Waals surface area contributed by atoms with Crippen LogP contribution in [0.1, 0.15) is 28.1 Å². The first-order chi connectivity index (χ1) is 12.1. The molecule has 7 heteroatoms. The van der Waals surface area contributed by atoms with Crippen LogP contribution < -0.4 is 4.74 Å². The summed E-state index contributed by atoms with van der Waals surface area (Å²) in [4.78, 5) is 27.1. The second-order valence-corrected chi connectivity index (χ2v) is 6.65. The van der Waals surface area contributed by atoms with Gasteiger partial charge in [-0.05, 0) is 42.5 Å². The highest BCUT2D eigenvalue weighted by atomic mass is 32.1. The SMILES string of the molecule is COc1ccc(F)cc1COC(=O)C1CCCN1C(=O)c1cccs1. The number of esters is 1. The van der Waals surface area contributed by atoms with Crippen molar-refractivity contribution < 1.29 is 23.5 Å². The molecule has 1 aromatic heterocycles. The van der Waals surface area contributed by atoms with Crippen molar-refractivity contribution in [3.8, 4) is 5.75 Å². The molecular weight excluding hydrogens is 345 g/mol. The van der Waals surface area contributed by atoms with Gasteiger partial charge in [0.15, 0.2) is 0 Å². The Hall–Kier alpha value is -2.41. The standard InChI is InChI=1S/C18H18FNO4S/c1-23-15-7-6-13(19)10-12(15)11-24-18(22)14-4-2-8-20(14)17(21)16-5-3-9-25-16/h3,5-7,9-10,14H,2,4,8,11H2,1H3. The van der Waals surface area contributed by atoms with Crippen LogP contribution in [0.3, 0.4) is 0 Å². The van der Waals surface area contributed by atoms with E-state index in [4.69, 9.17) is 9.47 Å². The fraction of sp³-hybridized carbons (Fsp3) is 0.333. The summed E-state index contributed by atoms with van der Waals surface area (Å²) in [6.07, 6.45) is 1.32. The molecule has 0 radical (unpaired) electrons. The van der Waals surface area contributed by atoms with E-state index in [9.17, 15) is 14.0 Å². The zero-order valence-corrected chi connectivity index (χ0v) is 14.6. The summed E-state index contributed by atoms with van der Waals surface area (Å²) in [6.45, 7) is 0.428. The molecule has 0 N–H and O–H groups in total. The Morgan fingerprint density at radius 3 is 2.92 bits per heavy atom. The maximum atomic E-state index is 13.4. The zero-order valence-electron chi connectivity index (χ0n) is 13.7. The van der Waals surface area contributed by atoms with Gasteiger partial charge in [0.2, 0.25) is 0 Å². The number of benzene rings is 1. The van der Waals surface area contributed by atoms with Crippen LogP contribution in [-0.2, 0) is 16.1 Å². The summed E-state index contributed by atoms with van der Waals surface area (Å²) in [7, 11) is 1.47. The normalized spacial score (nSPS) is 16.7. The first-order valence-corrected chi connectivity index (χ1v) is 8.81. The summed E-state index contributed by atoms with van der Waals surface area (Å²) in [5, 5.41) is 1.83. The third kappa shape index (κ3) is 3.82. The highest BCUT2D eigenvalue weighted by molar-refractivity contribution is 7.12. The van der Waals surface area contributed by atoms with E-state index in [0.29, 0.717) is 29.2 Å². The molecule has 0 bridgehead atoms. The first-order valence-electron chi connectivity index (χ1n) is 7.93. The Morgan fingerprint density at radius 2 is 2.20 bits per heavy atom. The lowest BCUT2D eigenvalue weighted by Gasteiger charge is -2.22. The van der Waals surface area contributed by atoms with Gasteiger partial charge in [0, 0.05) is 12.1 Å². The number of rotatable bonds is 5. The molecule has 1 aromatic carbocycles. The Labute approximate surface area is 149 Å². The number of amides is 1. The maximum absolute atomic E-state index is 13.4. The van der Waals surface area contributed by atoms with Crippen LogP contribution >= 0.6 is 11.3 Å². The smallest absolute Gasteiger partial charge is 0.329 e. The lowest BCUT2D eigenvalue weighted by molar-refractivity contribution is -0.149. The molecule has 1 unspecified atom stereocenters. The van der Waals surface area contributed by atoms with Gasteiger partial charge in [-0.1, -0.05) is 6.07 Å². The van der Waals surface area contributed by atoms with Gasteiger partial charge in [-0.3, -0.25) is 4.79 Å². The largest absolute Gasteiger partial charge is 0.496 e. The molecule has 25 heavy (non-hydrogen) atoms. The van der Waals surface area contributed by atoms with E-state index in [1.807, 2.05) is 5.38 Å². The van der Waals surface area contributed by atoms with Crippen LogP contribution in [0.5, 0.6) is 5.75 Å². The van der Waals surface area contributed by atoms with Crippen LogP contribution in [0, 0.1) is 5.82 Å². The molecule has 2 aromatic rings.